The van der Waals surface area contributed by atoms with Crippen LogP contribution in [0.3, 0.4) is 0 Å². The van der Waals surface area contributed by atoms with E-state index in [4.69, 9.17) is 22.9 Å². The van der Waals surface area contributed by atoms with Crippen molar-refractivity contribution in [1.82, 2.24) is 0 Å². The van der Waals surface area contributed by atoms with Crippen molar-refractivity contribution < 1.29 is 0 Å². The Balaban J connectivity index is 0.000000203. The van der Waals surface area contributed by atoms with Crippen LogP contribution in [0.25, 0.3) is 0 Å². The summed E-state index contributed by atoms with van der Waals surface area (Å²) in [6.07, 6.45) is 0. The largest absolute Gasteiger partial charge is 0.399 e. The zero-order chi connectivity index (χ0) is 16.7. The maximum absolute atomic E-state index is 6.14. The average molecular weight is 306 g/mol. The van der Waals surface area contributed by atoms with Crippen molar-refractivity contribution in [3.05, 3.63) is 96.1 Å². The summed E-state index contributed by atoms with van der Waals surface area (Å²) < 4.78 is 0. The van der Waals surface area contributed by atoms with E-state index in [0.717, 1.165) is 11.1 Å². The van der Waals surface area contributed by atoms with Gasteiger partial charge in [-0.15, -0.1) is 0 Å². The zero-order valence-electron chi connectivity index (χ0n) is 12.9. The summed E-state index contributed by atoms with van der Waals surface area (Å²) in [6.45, 7) is 0. The van der Waals surface area contributed by atoms with Gasteiger partial charge in [0.05, 0.1) is 0 Å². The van der Waals surface area contributed by atoms with Gasteiger partial charge in [0.15, 0.2) is 0 Å². The van der Waals surface area contributed by atoms with Gasteiger partial charge in [0.2, 0.25) is 0 Å². The maximum atomic E-state index is 6.14. The van der Waals surface area contributed by atoms with Crippen LogP contribution in [0.5, 0.6) is 0 Å². The minimum atomic E-state index is -0.914. The van der Waals surface area contributed by atoms with Crippen LogP contribution in [0.15, 0.2) is 84.9 Å². The second-order valence-corrected chi connectivity index (χ2v) is 5.27. The van der Waals surface area contributed by atoms with E-state index in [1.165, 1.54) is 0 Å². The van der Waals surface area contributed by atoms with Gasteiger partial charge in [-0.2, -0.15) is 0 Å². The molecule has 0 aliphatic rings. The van der Waals surface area contributed by atoms with Crippen LogP contribution in [0.4, 0.5) is 11.4 Å². The molecular weight excluding hydrogens is 284 g/mol. The summed E-state index contributed by atoms with van der Waals surface area (Å²) in [5.41, 5.74) is 25.4. The Kier molecular flexibility index (Phi) is 5.36. The van der Waals surface area contributed by atoms with Crippen LogP contribution in [0.1, 0.15) is 11.1 Å². The predicted molar refractivity (Wildman–Crippen MR) is 97.3 cm³/mol. The van der Waals surface area contributed by atoms with Gasteiger partial charge in [0.1, 0.15) is 5.66 Å². The third-order valence-electron chi connectivity index (χ3n) is 3.41. The van der Waals surface area contributed by atoms with Crippen LogP contribution in [0.2, 0.25) is 0 Å². The van der Waals surface area contributed by atoms with Crippen molar-refractivity contribution in [3.8, 4) is 0 Å². The molecule has 0 heterocycles. The fourth-order valence-corrected chi connectivity index (χ4v) is 2.15. The molecule has 0 saturated carbocycles. The van der Waals surface area contributed by atoms with E-state index in [1.54, 1.807) is 18.2 Å². The van der Waals surface area contributed by atoms with Gasteiger partial charge in [-0.25, -0.2) is 0 Å². The van der Waals surface area contributed by atoms with Gasteiger partial charge in [-0.1, -0.05) is 66.7 Å². The Labute approximate surface area is 136 Å². The van der Waals surface area contributed by atoms with Crippen molar-refractivity contribution in [3.63, 3.8) is 0 Å². The average Bonchev–Trinajstić information content (AvgIpc) is 2.57. The Morgan fingerprint density at radius 1 is 0.522 bits per heavy atom. The normalized spacial score (nSPS) is 10.5. The van der Waals surface area contributed by atoms with Gasteiger partial charge in [0.25, 0.3) is 0 Å². The molecule has 3 rings (SSSR count). The van der Waals surface area contributed by atoms with Crippen LogP contribution < -0.4 is 22.9 Å². The first-order chi connectivity index (χ1) is 11.0. The van der Waals surface area contributed by atoms with Crippen molar-refractivity contribution >= 4 is 11.4 Å². The fourth-order valence-electron chi connectivity index (χ4n) is 2.15. The molecule has 0 fully saturated rings. The van der Waals surface area contributed by atoms with Crippen molar-refractivity contribution in [2.75, 3.05) is 11.5 Å². The molecule has 0 unspecified atom stereocenters. The van der Waals surface area contributed by atoms with E-state index in [9.17, 15) is 0 Å². The van der Waals surface area contributed by atoms with Gasteiger partial charge >= 0.3 is 0 Å². The van der Waals surface area contributed by atoms with E-state index in [2.05, 4.69) is 0 Å². The van der Waals surface area contributed by atoms with E-state index in [0.29, 0.717) is 11.4 Å². The Morgan fingerprint density at radius 2 is 0.913 bits per heavy atom. The molecule has 0 aromatic heterocycles. The molecule has 0 spiro atoms. The van der Waals surface area contributed by atoms with E-state index in [-0.39, 0.29) is 0 Å². The molecule has 4 heteroatoms. The van der Waals surface area contributed by atoms with Crippen LogP contribution in [0, 0.1) is 0 Å². The number of benzene rings is 3. The van der Waals surface area contributed by atoms with E-state index >= 15 is 0 Å². The maximum Gasteiger partial charge on any atom is 0.116 e. The number of hydrogen-bond donors (Lipinski definition) is 4. The molecule has 4 nitrogen and oxygen atoms in total. The summed E-state index contributed by atoms with van der Waals surface area (Å²) in [5.74, 6) is 0. The number of hydrogen-bond acceptors (Lipinski definition) is 4. The van der Waals surface area contributed by atoms with Crippen LogP contribution in [-0.2, 0) is 5.66 Å². The molecule has 0 radical (unpaired) electrons. The smallest absolute Gasteiger partial charge is 0.116 e. The lowest BCUT2D eigenvalue weighted by atomic mass is 9.93. The van der Waals surface area contributed by atoms with Crippen molar-refractivity contribution in [1.29, 1.82) is 0 Å². The highest BCUT2D eigenvalue weighted by molar-refractivity contribution is 5.50. The molecule has 0 amide bonds. The molecule has 8 N–H and O–H groups in total. The Bertz CT molecular complexity index is 666. The minimum Gasteiger partial charge on any atom is -0.399 e. The molecule has 23 heavy (non-hydrogen) atoms. The van der Waals surface area contributed by atoms with Gasteiger partial charge in [-0.3, -0.25) is 0 Å². The molecule has 0 saturated heterocycles. The first-order valence-electron chi connectivity index (χ1n) is 7.30. The second-order valence-electron chi connectivity index (χ2n) is 5.27. The number of anilines is 2. The van der Waals surface area contributed by atoms with E-state index < -0.39 is 5.66 Å². The lowest BCUT2D eigenvalue weighted by Gasteiger charge is -2.25. The Hall–Kier alpha value is -2.82. The van der Waals surface area contributed by atoms with Gasteiger partial charge in [0, 0.05) is 11.4 Å². The number of nitrogens with two attached hydrogens (primary N) is 4. The lowest BCUT2D eigenvalue weighted by molar-refractivity contribution is 0.567. The molecule has 3 aromatic rings. The Morgan fingerprint density at radius 3 is 1.22 bits per heavy atom. The highest BCUT2D eigenvalue weighted by Crippen LogP contribution is 2.20. The summed E-state index contributed by atoms with van der Waals surface area (Å²) in [4.78, 5) is 0. The topological polar surface area (TPSA) is 104 Å². The molecule has 0 bridgehead atoms. The van der Waals surface area contributed by atoms with Crippen molar-refractivity contribution in [2.45, 2.75) is 5.66 Å². The van der Waals surface area contributed by atoms with Crippen molar-refractivity contribution in [2.24, 2.45) is 11.5 Å². The lowest BCUT2D eigenvalue weighted by Crippen LogP contribution is -2.46. The predicted octanol–water partition coefficient (Wildman–Crippen LogP) is 2.66. The first-order valence-corrected chi connectivity index (χ1v) is 7.30. The minimum absolute atomic E-state index is 0.713. The highest BCUT2D eigenvalue weighted by atomic mass is 15.0. The third-order valence-corrected chi connectivity index (χ3v) is 3.41. The van der Waals surface area contributed by atoms with Gasteiger partial charge < -0.3 is 22.9 Å². The van der Waals surface area contributed by atoms with Crippen LogP contribution >= 0.6 is 0 Å². The van der Waals surface area contributed by atoms with E-state index in [1.807, 2.05) is 66.7 Å². The number of rotatable bonds is 2. The van der Waals surface area contributed by atoms with Crippen LogP contribution in [-0.4, -0.2) is 0 Å². The monoisotopic (exact) mass is 306 g/mol. The zero-order valence-corrected chi connectivity index (χ0v) is 12.9. The number of nitrogen functional groups attached to an aromatic ring is 2. The first kappa shape index (κ1) is 16.5. The third kappa shape index (κ3) is 4.57. The molecule has 0 atom stereocenters. The summed E-state index contributed by atoms with van der Waals surface area (Å²) >= 11 is 0. The molecule has 118 valence electrons. The summed E-state index contributed by atoms with van der Waals surface area (Å²) in [7, 11) is 0. The quantitative estimate of drug-likeness (QED) is 0.431. The van der Waals surface area contributed by atoms with Gasteiger partial charge in [-0.05, 0) is 29.3 Å². The highest BCUT2D eigenvalue weighted by Gasteiger charge is 2.23. The molecule has 3 aromatic carbocycles. The molecule has 0 aliphatic heterocycles. The SMILES string of the molecule is NC(N)(c1ccccc1)c1ccccc1.Nc1cccc(N)c1. The summed E-state index contributed by atoms with van der Waals surface area (Å²) in [6, 6.07) is 26.5. The second kappa shape index (κ2) is 7.45. The standard InChI is InChI=1S/C13H14N2.C6H8N2/c14-13(15,11-7-3-1-4-8-11)12-9-5-2-6-10-12;7-5-2-1-3-6(8)4-5/h1-10H,14-15H2;1-4H,7-8H2. The molecule has 0 aliphatic carbocycles. The summed E-state index contributed by atoms with van der Waals surface area (Å²) in [5, 5.41) is 0. The fraction of sp³-hybridized carbons (Fsp3) is 0.0526. The molecular formula is C19H22N4.